The van der Waals surface area contributed by atoms with Crippen LogP contribution in [-0.4, -0.2) is 33.7 Å². The molecule has 26 heavy (non-hydrogen) atoms. The van der Waals surface area contributed by atoms with Crippen LogP contribution < -0.4 is 9.62 Å². The number of sulfonamides is 1. The highest BCUT2D eigenvalue weighted by Crippen LogP contribution is 2.20. The van der Waals surface area contributed by atoms with Gasteiger partial charge in [-0.15, -0.1) is 0 Å². The van der Waals surface area contributed by atoms with Gasteiger partial charge in [0, 0.05) is 12.6 Å². The molecule has 0 bridgehead atoms. The van der Waals surface area contributed by atoms with Crippen LogP contribution in [0, 0.1) is 11.6 Å². The molecule has 5 nitrogen and oxygen atoms in total. The fourth-order valence-corrected chi connectivity index (χ4v) is 3.24. The molecule has 0 aliphatic carbocycles. The molecule has 0 aliphatic rings. The maximum absolute atomic E-state index is 13.4. The lowest BCUT2D eigenvalue weighted by Crippen LogP contribution is -2.41. The van der Waals surface area contributed by atoms with Gasteiger partial charge < -0.3 is 5.32 Å². The Kier molecular flexibility index (Phi) is 6.31. The summed E-state index contributed by atoms with van der Waals surface area (Å²) in [4.78, 5) is 12.2. The Morgan fingerprint density at radius 3 is 2.35 bits per heavy atom. The summed E-state index contributed by atoms with van der Waals surface area (Å²) in [5.74, 6) is -2.78. The summed E-state index contributed by atoms with van der Waals surface area (Å²) in [6.07, 6.45) is 0.897. The lowest BCUT2D eigenvalue weighted by atomic mass is 10.0. The van der Waals surface area contributed by atoms with Crippen molar-refractivity contribution < 1.29 is 22.0 Å². The Balaban J connectivity index is 2.06. The van der Waals surface area contributed by atoms with Crippen LogP contribution in [0.4, 0.5) is 14.5 Å². The second kappa shape index (κ2) is 8.27. The number of nitrogens with zero attached hydrogens (tertiary/aromatic N) is 1. The van der Waals surface area contributed by atoms with E-state index < -0.39 is 34.1 Å². The van der Waals surface area contributed by atoms with Gasteiger partial charge in [0.2, 0.25) is 15.9 Å². The molecular weight excluding hydrogens is 362 g/mol. The summed E-state index contributed by atoms with van der Waals surface area (Å²) in [7, 11) is -3.85. The van der Waals surface area contributed by atoms with Crippen LogP contribution >= 0.6 is 0 Å². The van der Waals surface area contributed by atoms with Crippen molar-refractivity contribution in [2.24, 2.45) is 0 Å². The molecule has 2 aromatic carbocycles. The smallest absolute Gasteiger partial charge is 0.240 e. The van der Waals surface area contributed by atoms with Crippen LogP contribution in [0.5, 0.6) is 0 Å². The molecule has 0 aromatic heterocycles. The summed E-state index contributed by atoms with van der Waals surface area (Å²) in [6.45, 7) is 1.73. The molecule has 0 aliphatic heterocycles. The van der Waals surface area contributed by atoms with Crippen molar-refractivity contribution in [3.05, 3.63) is 65.7 Å². The molecule has 0 unspecified atom stereocenters. The minimum atomic E-state index is -3.85. The lowest BCUT2D eigenvalue weighted by molar-refractivity contribution is -0.119. The Morgan fingerprint density at radius 1 is 1.12 bits per heavy atom. The summed E-state index contributed by atoms with van der Waals surface area (Å²) >= 11 is 0. The second-order valence-corrected chi connectivity index (χ2v) is 7.89. The Morgan fingerprint density at radius 2 is 1.77 bits per heavy atom. The second-order valence-electron chi connectivity index (χ2n) is 5.98. The van der Waals surface area contributed by atoms with Gasteiger partial charge in [-0.1, -0.05) is 37.3 Å². The molecule has 0 radical (unpaired) electrons. The van der Waals surface area contributed by atoms with Crippen molar-refractivity contribution in [1.82, 2.24) is 5.32 Å². The summed E-state index contributed by atoms with van der Waals surface area (Å²) in [5, 5.41) is 2.67. The highest BCUT2D eigenvalue weighted by atomic mass is 32.2. The number of amides is 1. The number of halogens is 2. The van der Waals surface area contributed by atoms with Gasteiger partial charge in [0.25, 0.3) is 0 Å². The van der Waals surface area contributed by atoms with E-state index in [0.29, 0.717) is 6.54 Å². The predicted octanol–water partition coefficient (Wildman–Crippen LogP) is 2.65. The number of hydrogen-bond acceptors (Lipinski definition) is 3. The van der Waals surface area contributed by atoms with E-state index in [0.717, 1.165) is 34.3 Å². The van der Waals surface area contributed by atoms with E-state index in [1.807, 2.05) is 37.3 Å². The standard InChI is InChI=1S/C18H20F2N2O3S/c1-13(14-6-4-3-5-7-14)11-21-18(23)12-22(26(2,24)25)15-8-9-16(19)17(20)10-15/h3-10,13H,11-12H2,1-2H3,(H,21,23)/t13-/m0/s1. The number of carbonyl (C=O) groups excluding carboxylic acids is 1. The molecule has 0 spiro atoms. The van der Waals surface area contributed by atoms with Crippen molar-refractivity contribution in [2.75, 3.05) is 23.7 Å². The molecule has 1 atom stereocenters. The maximum Gasteiger partial charge on any atom is 0.240 e. The molecule has 0 heterocycles. The molecule has 2 aromatic rings. The quantitative estimate of drug-likeness (QED) is 0.801. The SMILES string of the molecule is C[C@@H](CNC(=O)CN(c1ccc(F)c(F)c1)S(C)(=O)=O)c1ccccc1. The number of anilines is 1. The van der Waals surface area contributed by atoms with Gasteiger partial charge >= 0.3 is 0 Å². The summed E-state index contributed by atoms with van der Waals surface area (Å²) < 4.78 is 51.1. The van der Waals surface area contributed by atoms with Crippen LogP contribution in [0.3, 0.4) is 0 Å². The van der Waals surface area contributed by atoms with E-state index in [2.05, 4.69) is 5.32 Å². The third-order valence-electron chi connectivity index (χ3n) is 3.85. The lowest BCUT2D eigenvalue weighted by Gasteiger charge is -2.22. The van der Waals surface area contributed by atoms with Crippen LogP contribution in [0.2, 0.25) is 0 Å². The number of nitrogens with one attached hydrogen (secondary N) is 1. The third kappa shape index (κ3) is 5.26. The number of rotatable bonds is 7. The molecular formula is C18H20F2N2O3S. The maximum atomic E-state index is 13.4. The van der Waals surface area contributed by atoms with Gasteiger partial charge in [0.15, 0.2) is 11.6 Å². The number of hydrogen-bond donors (Lipinski definition) is 1. The molecule has 1 N–H and O–H groups in total. The normalized spacial score (nSPS) is 12.5. The first-order valence-electron chi connectivity index (χ1n) is 7.93. The van der Waals surface area contributed by atoms with Crippen molar-refractivity contribution in [3.63, 3.8) is 0 Å². The molecule has 8 heteroatoms. The first-order chi connectivity index (χ1) is 12.2. The van der Waals surface area contributed by atoms with E-state index >= 15 is 0 Å². The molecule has 0 saturated heterocycles. The molecule has 140 valence electrons. The molecule has 0 fully saturated rings. The van der Waals surface area contributed by atoms with Gasteiger partial charge in [0.05, 0.1) is 11.9 Å². The van der Waals surface area contributed by atoms with E-state index in [9.17, 15) is 22.0 Å². The van der Waals surface area contributed by atoms with Gasteiger partial charge in [-0.2, -0.15) is 0 Å². The molecule has 2 rings (SSSR count). The van der Waals surface area contributed by atoms with Crippen molar-refractivity contribution in [2.45, 2.75) is 12.8 Å². The average Bonchev–Trinajstić information content (AvgIpc) is 2.60. The first kappa shape index (κ1) is 19.8. The van der Waals surface area contributed by atoms with E-state index in [-0.39, 0.29) is 11.6 Å². The van der Waals surface area contributed by atoms with E-state index in [4.69, 9.17) is 0 Å². The Hall–Kier alpha value is -2.48. The van der Waals surface area contributed by atoms with Gasteiger partial charge in [-0.05, 0) is 23.6 Å². The Labute approximate surface area is 151 Å². The zero-order chi connectivity index (χ0) is 19.3. The number of benzene rings is 2. The zero-order valence-electron chi connectivity index (χ0n) is 14.4. The largest absolute Gasteiger partial charge is 0.354 e. The van der Waals surface area contributed by atoms with Crippen LogP contribution in [0.25, 0.3) is 0 Å². The van der Waals surface area contributed by atoms with Crippen LogP contribution in [-0.2, 0) is 14.8 Å². The monoisotopic (exact) mass is 382 g/mol. The minimum absolute atomic E-state index is 0.0371. The van der Waals surface area contributed by atoms with Crippen LogP contribution in [0.1, 0.15) is 18.4 Å². The van der Waals surface area contributed by atoms with Gasteiger partial charge in [-0.25, -0.2) is 17.2 Å². The fraction of sp³-hybridized carbons (Fsp3) is 0.278. The van der Waals surface area contributed by atoms with Gasteiger partial charge in [0.1, 0.15) is 6.54 Å². The minimum Gasteiger partial charge on any atom is -0.354 e. The van der Waals surface area contributed by atoms with Crippen molar-refractivity contribution in [1.29, 1.82) is 0 Å². The topological polar surface area (TPSA) is 66.5 Å². The third-order valence-corrected chi connectivity index (χ3v) is 4.99. The van der Waals surface area contributed by atoms with Crippen molar-refractivity contribution >= 4 is 21.6 Å². The molecule has 0 saturated carbocycles. The van der Waals surface area contributed by atoms with Crippen molar-refractivity contribution in [3.8, 4) is 0 Å². The average molecular weight is 382 g/mol. The highest BCUT2D eigenvalue weighted by Gasteiger charge is 2.22. The highest BCUT2D eigenvalue weighted by molar-refractivity contribution is 7.92. The van der Waals surface area contributed by atoms with E-state index in [1.54, 1.807) is 0 Å². The van der Waals surface area contributed by atoms with Gasteiger partial charge in [-0.3, -0.25) is 9.10 Å². The number of carbonyl (C=O) groups is 1. The summed E-state index contributed by atoms with van der Waals surface area (Å²) in [5.41, 5.74) is 0.922. The fourth-order valence-electron chi connectivity index (χ4n) is 2.39. The Bertz CT molecular complexity index is 873. The first-order valence-corrected chi connectivity index (χ1v) is 9.77. The summed E-state index contributed by atoms with van der Waals surface area (Å²) in [6, 6.07) is 12.2. The zero-order valence-corrected chi connectivity index (χ0v) is 15.3. The van der Waals surface area contributed by atoms with Crippen LogP contribution in [0.15, 0.2) is 48.5 Å². The predicted molar refractivity (Wildman–Crippen MR) is 96.4 cm³/mol. The van der Waals surface area contributed by atoms with E-state index in [1.165, 1.54) is 0 Å². The molecule has 1 amide bonds.